The molecule has 0 bridgehead atoms. The molecule has 2 atom stereocenters. The van der Waals surface area contributed by atoms with Gasteiger partial charge in [0.15, 0.2) is 0 Å². The maximum Gasteiger partial charge on any atom is 0.00982 e. The maximum absolute atomic E-state index is 3.24. The minimum absolute atomic E-state index is 0.945. The van der Waals surface area contributed by atoms with Gasteiger partial charge in [-0.3, -0.25) is 4.90 Å². The van der Waals surface area contributed by atoms with Crippen molar-refractivity contribution in [3.8, 4) is 0 Å². The summed E-state index contributed by atoms with van der Waals surface area (Å²) in [5.74, 6) is 1.99. The number of likely N-dealkylation sites (tertiary alicyclic amines) is 1. The molecule has 2 rings (SSSR count). The Morgan fingerprint density at radius 1 is 1.27 bits per heavy atom. The number of hydrogen-bond donors (Lipinski definition) is 1. The van der Waals surface area contributed by atoms with Crippen molar-refractivity contribution in [1.82, 2.24) is 10.2 Å². The van der Waals surface area contributed by atoms with Gasteiger partial charge in [0.1, 0.15) is 0 Å². The molecule has 1 aliphatic heterocycles. The summed E-state index contributed by atoms with van der Waals surface area (Å²) in [6.07, 6.45) is 7.25. The zero-order valence-electron chi connectivity index (χ0n) is 10.3. The SMILES string of the molecule is CNCCCC1CCC(N2CC(C)C2)C1. The van der Waals surface area contributed by atoms with Gasteiger partial charge in [-0.2, -0.15) is 0 Å². The third-order valence-electron chi connectivity index (χ3n) is 4.16. The molecule has 2 unspecified atom stereocenters. The summed E-state index contributed by atoms with van der Waals surface area (Å²) in [6.45, 7) is 6.31. The summed E-state index contributed by atoms with van der Waals surface area (Å²) < 4.78 is 0. The highest BCUT2D eigenvalue weighted by Crippen LogP contribution is 2.35. The fourth-order valence-corrected chi connectivity index (χ4v) is 3.26. The third kappa shape index (κ3) is 2.94. The monoisotopic (exact) mass is 210 g/mol. The van der Waals surface area contributed by atoms with Crippen LogP contribution in [0.3, 0.4) is 0 Å². The van der Waals surface area contributed by atoms with Gasteiger partial charge in [0.2, 0.25) is 0 Å². The van der Waals surface area contributed by atoms with Crippen molar-refractivity contribution >= 4 is 0 Å². The van der Waals surface area contributed by atoms with Crippen molar-refractivity contribution in [2.24, 2.45) is 11.8 Å². The van der Waals surface area contributed by atoms with E-state index in [1.165, 1.54) is 51.7 Å². The van der Waals surface area contributed by atoms with E-state index >= 15 is 0 Å². The van der Waals surface area contributed by atoms with E-state index in [-0.39, 0.29) is 0 Å². The van der Waals surface area contributed by atoms with E-state index < -0.39 is 0 Å². The second-order valence-corrected chi connectivity index (χ2v) is 5.64. The average molecular weight is 210 g/mol. The van der Waals surface area contributed by atoms with Crippen molar-refractivity contribution < 1.29 is 0 Å². The van der Waals surface area contributed by atoms with Crippen LogP contribution in [0.2, 0.25) is 0 Å². The van der Waals surface area contributed by atoms with Crippen molar-refractivity contribution in [1.29, 1.82) is 0 Å². The molecule has 2 fully saturated rings. The standard InChI is InChI=1S/C13H26N2/c1-11-9-15(10-11)13-6-5-12(8-13)4-3-7-14-2/h11-14H,3-10H2,1-2H3. The number of hydrogen-bond acceptors (Lipinski definition) is 2. The zero-order valence-corrected chi connectivity index (χ0v) is 10.3. The van der Waals surface area contributed by atoms with E-state index in [1.807, 2.05) is 0 Å². The minimum atomic E-state index is 0.945. The third-order valence-corrected chi connectivity index (χ3v) is 4.16. The van der Waals surface area contributed by atoms with Crippen LogP contribution in [-0.4, -0.2) is 37.6 Å². The van der Waals surface area contributed by atoms with Crippen molar-refractivity contribution in [2.45, 2.75) is 45.1 Å². The van der Waals surface area contributed by atoms with Gasteiger partial charge >= 0.3 is 0 Å². The summed E-state index contributed by atoms with van der Waals surface area (Å²) in [5, 5.41) is 3.24. The lowest BCUT2D eigenvalue weighted by atomic mass is 9.97. The van der Waals surface area contributed by atoms with Crippen LogP contribution in [0.25, 0.3) is 0 Å². The van der Waals surface area contributed by atoms with Crippen LogP contribution in [0, 0.1) is 11.8 Å². The molecule has 1 saturated carbocycles. The highest BCUT2D eigenvalue weighted by atomic mass is 15.2. The van der Waals surface area contributed by atoms with Gasteiger partial charge in [0.25, 0.3) is 0 Å². The minimum Gasteiger partial charge on any atom is -0.320 e. The first-order valence-electron chi connectivity index (χ1n) is 6.68. The normalized spacial score (nSPS) is 33.2. The van der Waals surface area contributed by atoms with E-state index in [4.69, 9.17) is 0 Å². The molecular weight excluding hydrogens is 184 g/mol. The van der Waals surface area contributed by atoms with Crippen LogP contribution in [0.15, 0.2) is 0 Å². The van der Waals surface area contributed by atoms with Crippen LogP contribution >= 0.6 is 0 Å². The molecule has 1 saturated heterocycles. The maximum atomic E-state index is 3.24. The highest BCUT2D eigenvalue weighted by molar-refractivity contribution is 4.88. The molecule has 1 aliphatic carbocycles. The molecule has 1 N–H and O–H groups in total. The fraction of sp³-hybridized carbons (Fsp3) is 1.00. The molecule has 2 nitrogen and oxygen atoms in total. The number of nitrogens with zero attached hydrogens (tertiary/aromatic N) is 1. The van der Waals surface area contributed by atoms with Crippen LogP contribution in [0.1, 0.15) is 39.0 Å². The predicted octanol–water partition coefficient (Wildman–Crippen LogP) is 2.11. The summed E-state index contributed by atoms with van der Waals surface area (Å²) in [7, 11) is 2.05. The van der Waals surface area contributed by atoms with Crippen molar-refractivity contribution in [3.63, 3.8) is 0 Å². The first-order valence-corrected chi connectivity index (χ1v) is 6.68. The molecule has 2 aliphatic rings. The molecular formula is C13H26N2. The first kappa shape index (κ1) is 11.4. The van der Waals surface area contributed by atoms with E-state index in [1.54, 1.807) is 0 Å². The molecule has 88 valence electrons. The largest absolute Gasteiger partial charge is 0.320 e. The smallest absolute Gasteiger partial charge is 0.00982 e. The summed E-state index contributed by atoms with van der Waals surface area (Å²) in [6, 6.07) is 0.945. The molecule has 0 aromatic rings. The number of rotatable bonds is 5. The Morgan fingerprint density at radius 3 is 2.73 bits per heavy atom. The Bertz CT molecular complexity index is 187. The summed E-state index contributed by atoms with van der Waals surface area (Å²) in [4.78, 5) is 2.71. The van der Waals surface area contributed by atoms with Gasteiger partial charge in [-0.05, 0) is 57.5 Å². The van der Waals surface area contributed by atoms with E-state index in [0.29, 0.717) is 0 Å². The Labute approximate surface area is 94.4 Å². The lowest BCUT2D eigenvalue weighted by Gasteiger charge is -2.41. The molecule has 1 heterocycles. The number of nitrogens with one attached hydrogen (secondary N) is 1. The fourth-order valence-electron chi connectivity index (χ4n) is 3.26. The average Bonchev–Trinajstić information content (AvgIpc) is 2.62. The molecule has 2 heteroatoms. The molecule has 0 spiro atoms. The zero-order chi connectivity index (χ0) is 10.7. The van der Waals surface area contributed by atoms with Crippen LogP contribution in [0.4, 0.5) is 0 Å². The quantitative estimate of drug-likeness (QED) is 0.699. The van der Waals surface area contributed by atoms with Crippen molar-refractivity contribution in [3.05, 3.63) is 0 Å². The lowest BCUT2D eigenvalue weighted by molar-refractivity contribution is 0.0631. The molecule has 0 radical (unpaired) electrons. The van der Waals surface area contributed by atoms with Gasteiger partial charge in [-0.1, -0.05) is 6.92 Å². The Hall–Kier alpha value is -0.0800. The summed E-state index contributed by atoms with van der Waals surface area (Å²) >= 11 is 0. The topological polar surface area (TPSA) is 15.3 Å². The van der Waals surface area contributed by atoms with Gasteiger partial charge in [-0.15, -0.1) is 0 Å². The van der Waals surface area contributed by atoms with Crippen LogP contribution < -0.4 is 5.32 Å². The van der Waals surface area contributed by atoms with Gasteiger partial charge in [-0.25, -0.2) is 0 Å². The van der Waals surface area contributed by atoms with Crippen LogP contribution in [-0.2, 0) is 0 Å². The summed E-state index contributed by atoms with van der Waals surface area (Å²) in [5.41, 5.74) is 0. The van der Waals surface area contributed by atoms with E-state index in [9.17, 15) is 0 Å². The second kappa shape index (κ2) is 5.31. The molecule has 0 aromatic carbocycles. The van der Waals surface area contributed by atoms with Gasteiger partial charge in [0.05, 0.1) is 0 Å². The molecule has 0 amide bonds. The Morgan fingerprint density at radius 2 is 2.07 bits per heavy atom. The van der Waals surface area contributed by atoms with E-state index in [2.05, 4.69) is 24.2 Å². The Balaban J connectivity index is 1.62. The first-order chi connectivity index (χ1) is 7.29. The van der Waals surface area contributed by atoms with E-state index in [0.717, 1.165) is 17.9 Å². The van der Waals surface area contributed by atoms with Crippen molar-refractivity contribution in [2.75, 3.05) is 26.7 Å². The highest BCUT2D eigenvalue weighted by Gasteiger charge is 2.34. The second-order valence-electron chi connectivity index (χ2n) is 5.64. The Kier molecular flexibility index (Phi) is 4.04. The van der Waals surface area contributed by atoms with Crippen LogP contribution in [0.5, 0.6) is 0 Å². The lowest BCUT2D eigenvalue weighted by Crippen LogP contribution is -2.50. The van der Waals surface area contributed by atoms with Gasteiger partial charge in [0, 0.05) is 19.1 Å². The molecule has 15 heavy (non-hydrogen) atoms. The molecule has 0 aromatic heterocycles. The predicted molar refractivity (Wildman–Crippen MR) is 65.0 cm³/mol. The van der Waals surface area contributed by atoms with Gasteiger partial charge < -0.3 is 5.32 Å².